The van der Waals surface area contributed by atoms with Gasteiger partial charge < -0.3 is 15.6 Å². The Morgan fingerprint density at radius 1 is 1.58 bits per heavy atom. The maximum atomic E-state index is 11.1. The predicted octanol–water partition coefficient (Wildman–Crippen LogP) is 3.07. The molecule has 1 aromatic carbocycles. The Balaban J connectivity index is 2.44. The number of benzene rings is 1. The molecule has 0 bridgehead atoms. The van der Waals surface area contributed by atoms with Gasteiger partial charge in [0.1, 0.15) is 0 Å². The SMILES string of the molecule is CC(O)(c1ccc(Br)cc1Cl)C1(CN)CCCOC1. The molecule has 1 aliphatic rings. The van der Waals surface area contributed by atoms with Crippen LogP contribution in [0.3, 0.4) is 0 Å². The van der Waals surface area contributed by atoms with Crippen molar-refractivity contribution in [1.82, 2.24) is 0 Å². The minimum Gasteiger partial charge on any atom is -0.385 e. The van der Waals surface area contributed by atoms with E-state index < -0.39 is 11.0 Å². The first-order valence-corrected chi connectivity index (χ1v) is 7.56. The Labute approximate surface area is 127 Å². The molecular weight excluding hydrogens is 330 g/mol. The molecule has 2 unspecified atom stereocenters. The van der Waals surface area contributed by atoms with Crippen LogP contribution in [-0.2, 0) is 10.3 Å². The fourth-order valence-corrected chi connectivity index (χ4v) is 3.62. The average Bonchev–Trinajstić information content (AvgIpc) is 2.39. The monoisotopic (exact) mass is 347 g/mol. The highest BCUT2D eigenvalue weighted by Gasteiger charge is 2.49. The van der Waals surface area contributed by atoms with Gasteiger partial charge in [0.25, 0.3) is 0 Å². The summed E-state index contributed by atoms with van der Waals surface area (Å²) in [6, 6.07) is 5.52. The average molecular weight is 349 g/mol. The molecule has 0 aromatic heterocycles. The topological polar surface area (TPSA) is 55.5 Å². The van der Waals surface area contributed by atoms with Gasteiger partial charge in [-0.25, -0.2) is 0 Å². The zero-order valence-electron chi connectivity index (χ0n) is 11.0. The first kappa shape index (κ1) is 15.3. The first-order valence-electron chi connectivity index (χ1n) is 6.39. The van der Waals surface area contributed by atoms with Gasteiger partial charge in [-0.3, -0.25) is 0 Å². The van der Waals surface area contributed by atoms with Crippen molar-refractivity contribution < 1.29 is 9.84 Å². The van der Waals surface area contributed by atoms with Gasteiger partial charge in [-0.15, -0.1) is 0 Å². The third-order valence-electron chi connectivity index (χ3n) is 4.20. The number of aliphatic hydroxyl groups is 1. The van der Waals surface area contributed by atoms with Gasteiger partial charge in [-0.2, -0.15) is 0 Å². The summed E-state index contributed by atoms with van der Waals surface area (Å²) in [5.41, 5.74) is 5.06. The molecule has 1 aliphatic heterocycles. The quantitative estimate of drug-likeness (QED) is 0.882. The van der Waals surface area contributed by atoms with Crippen LogP contribution < -0.4 is 5.73 Å². The number of rotatable bonds is 3. The van der Waals surface area contributed by atoms with Crippen LogP contribution >= 0.6 is 27.5 Å². The number of hydrogen-bond acceptors (Lipinski definition) is 3. The molecule has 2 rings (SSSR count). The second-order valence-corrected chi connectivity index (χ2v) is 6.66. The van der Waals surface area contributed by atoms with Crippen LogP contribution in [-0.4, -0.2) is 24.9 Å². The lowest BCUT2D eigenvalue weighted by molar-refractivity contribution is -0.139. The van der Waals surface area contributed by atoms with Crippen molar-refractivity contribution in [1.29, 1.82) is 0 Å². The van der Waals surface area contributed by atoms with Gasteiger partial charge in [0.15, 0.2) is 0 Å². The molecule has 1 fully saturated rings. The molecular formula is C14H19BrClNO2. The molecule has 5 heteroatoms. The van der Waals surface area contributed by atoms with E-state index in [1.165, 1.54) is 0 Å². The van der Waals surface area contributed by atoms with Crippen LogP contribution in [0.4, 0.5) is 0 Å². The van der Waals surface area contributed by atoms with E-state index in [2.05, 4.69) is 15.9 Å². The van der Waals surface area contributed by atoms with Gasteiger partial charge in [0.2, 0.25) is 0 Å². The summed E-state index contributed by atoms with van der Waals surface area (Å²) in [6.07, 6.45) is 1.74. The van der Waals surface area contributed by atoms with E-state index in [4.69, 9.17) is 22.1 Å². The van der Waals surface area contributed by atoms with E-state index in [1.54, 1.807) is 13.0 Å². The molecule has 3 N–H and O–H groups in total. The summed E-state index contributed by atoms with van der Waals surface area (Å²) in [5.74, 6) is 0. The van der Waals surface area contributed by atoms with Crippen molar-refractivity contribution in [2.75, 3.05) is 19.8 Å². The zero-order chi connectivity index (χ0) is 14.1. The molecule has 1 aromatic rings. The molecule has 0 amide bonds. The smallest absolute Gasteiger partial charge is 0.0972 e. The van der Waals surface area contributed by atoms with E-state index in [0.29, 0.717) is 23.7 Å². The van der Waals surface area contributed by atoms with Crippen LogP contribution in [0.5, 0.6) is 0 Å². The molecule has 0 saturated carbocycles. The fraction of sp³-hybridized carbons (Fsp3) is 0.571. The second kappa shape index (κ2) is 5.70. The summed E-state index contributed by atoms with van der Waals surface area (Å²) in [5, 5.41) is 11.6. The lowest BCUT2D eigenvalue weighted by Crippen LogP contribution is -2.53. The van der Waals surface area contributed by atoms with Crippen LogP contribution in [0, 0.1) is 5.41 Å². The fourth-order valence-electron chi connectivity index (χ4n) is 2.77. The highest BCUT2D eigenvalue weighted by molar-refractivity contribution is 9.10. The van der Waals surface area contributed by atoms with Crippen LogP contribution in [0.15, 0.2) is 22.7 Å². The van der Waals surface area contributed by atoms with Crippen molar-refractivity contribution in [3.63, 3.8) is 0 Å². The van der Waals surface area contributed by atoms with Gasteiger partial charge in [0.05, 0.1) is 12.2 Å². The molecule has 106 valence electrons. The van der Waals surface area contributed by atoms with Crippen molar-refractivity contribution >= 4 is 27.5 Å². The largest absolute Gasteiger partial charge is 0.385 e. The molecule has 0 spiro atoms. The maximum absolute atomic E-state index is 11.1. The van der Waals surface area contributed by atoms with Crippen LogP contribution in [0.25, 0.3) is 0 Å². The minimum absolute atomic E-state index is 0.367. The van der Waals surface area contributed by atoms with Gasteiger partial charge in [0, 0.05) is 33.6 Å². The highest BCUT2D eigenvalue weighted by atomic mass is 79.9. The standard InChI is InChI=1S/C14H19BrClNO2/c1-13(18,11-4-3-10(15)7-12(11)16)14(8-17)5-2-6-19-9-14/h3-4,7,18H,2,5-6,8-9,17H2,1H3. The number of nitrogens with two attached hydrogens (primary N) is 1. The summed E-state index contributed by atoms with van der Waals surface area (Å²) < 4.78 is 6.44. The lowest BCUT2D eigenvalue weighted by atomic mass is 9.66. The van der Waals surface area contributed by atoms with Gasteiger partial charge >= 0.3 is 0 Å². The van der Waals surface area contributed by atoms with Crippen molar-refractivity contribution in [3.05, 3.63) is 33.3 Å². The van der Waals surface area contributed by atoms with Crippen molar-refractivity contribution in [2.45, 2.75) is 25.4 Å². The van der Waals surface area contributed by atoms with Crippen LogP contribution in [0.2, 0.25) is 5.02 Å². The Kier molecular flexibility index (Phi) is 4.58. The normalized spacial score (nSPS) is 27.0. The molecule has 0 aliphatic carbocycles. The van der Waals surface area contributed by atoms with E-state index in [0.717, 1.165) is 23.9 Å². The number of hydrogen-bond donors (Lipinski definition) is 2. The molecule has 2 atom stereocenters. The minimum atomic E-state index is -1.11. The molecule has 1 saturated heterocycles. The van der Waals surface area contributed by atoms with E-state index in [9.17, 15) is 5.11 Å². The van der Waals surface area contributed by atoms with Crippen molar-refractivity contribution in [2.24, 2.45) is 11.1 Å². The third-order valence-corrected chi connectivity index (χ3v) is 5.01. The van der Waals surface area contributed by atoms with E-state index in [1.807, 2.05) is 12.1 Å². The maximum Gasteiger partial charge on any atom is 0.0972 e. The number of ether oxygens (including phenoxy) is 1. The summed E-state index contributed by atoms with van der Waals surface area (Å²) in [6.45, 7) is 3.34. The Hall–Kier alpha value is -0.130. The van der Waals surface area contributed by atoms with Gasteiger partial charge in [-0.05, 0) is 31.9 Å². The molecule has 3 nitrogen and oxygen atoms in total. The summed E-state index contributed by atoms with van der Waals surface area (Å²) >= 11 is 9.65. The third kappa shape index (κ3) is 2.69. The molecule has 19 heavy (non-hydrogen) atoms. The summed E-state index contributed by atoms with van der Waals surface area (Å²) in [7, 11) is 0. The van der Waals surface area contributed by atoms with E-state index >= 15 is 0 Å². The second-order valence-electron chi connectivity index (χ2n) is 5.34. The van der Waals surface area contributed by atoms with E-state index in [-0.39, 0.29) is 0 Å². The van der Waals surface area contributed by atoms with Crippen molar-refractivity contribution in [3.8, 4) is 0 Å². The Bertz CT molecular complexity index is 459. The molecule has 0 radical (unpaired) electrons. The molecule has 1 heterocycles. The Morgan fingerprint density at radius 2 is 2.32 bits per heavy atom. The predicted molar refractivity (Wildman–Crippen MR) is 80.3 cm³/mol. The Morgan fingerprint density at radius 3 is 2.84 bits per heavy atom. The van der Waals surface area contributed by atoms with Crippen LogP contribution in [0.1, 0.15) is 25.3 Å². The van der Waals surface area contributed by atoms with Gasteiger partial charge in [-0.1, -0.05) is 33.6 Å². The number of halogens is 2. The zero-order valence-corrected chi connectivity index (χ0v) is 13.3. The summed E-state index contributed by atoms with van der Waals surface area (Å²) in [4.78, 5) is 0. The lowest BCUT2D eigenvalue weighted by Gasteiger charge is -2.47. The highest BCUT2D eigenvalue weighted by Crippen LogP contribution is 2.47. The first-order chi connectivity index (χ1) is 8.93.